The molecule has 1 heterocycles. The maximum absolute atomic E-state index is 7.17. The molecule has 0 N–H and O–H groups in total. The number of allylic oxidation sites excluding steroid dienone is 3. The SMILES string of the molecule is Cc1c(-c2ccc3c(c2)C2(c4ccccc4-3)c3ccccc3-c3cccc4cccc2c34)ccc2c1OC1=CC(C)CC=C1C2(c1ccccc1)c1ccccc1. The Kier molecular flexibility index (Phi) is 6.79. The Hall–Kier alpha value is -6.70. The van der Waals surface area contributed by atoms with Crippen molar-refractivity contribution >= 4 is 10.8 Å². The van der Waals surface area contributed by atoms with E-state index in [1.165, 1.54) is 88.7 Å². The van der Waals surface area contributed by atoms with Gasteiger partial charge in [-0.2, -0.15) is 0 Å². The minimum absolute atomic E-state index is 0.389. The van der Waals surface area contributed by atoms with Crippen molar-refractivity contribution < 1.29 is 4.74 Å². The summed E-state index contributed by atoms with van der Waals surface area (Å²) >= 11 is 0. The quantitative estimate of drug-likeness (QED) is 0.176. The average molecular weight is 729 g/mol. The van der Waals surface area contributed by atoms with E-state index in [0.717, 1.165) is 23.5 Å². The lowest BCUT2D eigenvalue weighted by Gasteiger charge is -2.45. The molecule has 8 aromatic carbocycles. The summed E-state index contributed by atoms with van der Waals surface area (Å²) in [7, 11) is 0. The lowest BCUT2D eigenvalue weighted by molar-refractivity contribution is 0.373. The summed E-state index contributed by atoms with van der Waals surface area (Å²) in [6, 6.07) is 65.9. The molecule has 12 rings (SSSR count). The van der Waals surface area contributed by atoms with E-state index in [1.807, 2.05) is 0 Å². The summed E-state index contributed by atoms with van der Waals surface area (Å²) in [4.78, 5) is 0. The topological polar surface area (TPSA) is 9.23 Å². The highest BCUT2D eigenvalue weighted by molar-refractivity contribution is 6.07. The maximum Gasteiger partial charge on any atom is 0.135 e. The van der Waals surface area contributed by atoms with Crippen molar-refractivity contribution in [3.8, 4) is 39.1 Å². The third kappa shape index (κ3) is 4.19. The first-order chi connectivity index (χ1) is 28.1. The molecule has 0 aromatic heterocycles. The van der Waals surface area contributed by atoms with Gasteiger partial charge in [-0.3, -0.25) is 0 Å². The van der Waals surface area contributed by atoms with Crippen molar-refractivity contribution in [3.05, 3.63) is 244 Å². The van der Waals surface area contributed by atoms with Crippen LogP contribution < -0.4 is 4.74 Å². The van der Waals surface area contributed by atoms with Crippen LogP contribution in [0.5, 0.6) is 5.75 Å². The molecule has 0 radical (unpaired) electrons. The van der Waals surface area contributed by atoms with Gasteiger partial charge in [-0.1, -0.05) is 183 Å². The lowest BCUT2D eigenvalue weighted by atomic mass is 9.61. The van der Waals surface area contributed by atoms with E-state index < -0.39 is 10.8 Å². The molecule has 270 valence electrons. The first kappa shape index (κ1) is 32.5. The first-order valence-corrected chi connectivity index (χ1v) is 20.3. The van der Waals surface area contributed by atoms with Crippen LogP contribution in [0.1, 0.15) is 57.9 Å². The highest BCUT2D eigenvalue weighted by atomic mass is 16.5. The van der Waals surface area contributed by atoms with Gasteiger partial charge in [-0.25, -0.2) is 0 Å². The average Bonchev–Trinajstić information content (AvgIpc) is 3.55. The monoisotopic (exact) mass is 728 g/mol. The molecular formula is C56H40O. The Morgan fingerprint density at radius 3 is 1.79 bits per heavy atom. The molecular weight excluding hydrogens is 689 g/mol. The number of hydrogen-bond acceptors (Lipinski definition) is 1. The number of fused-ring (bicyclic) bond motifs is 11. The van der Waals surface area contributed by atoms with Gasteiger partial charge in [-0.05, 0) is 115 Å². The molecule has 0 amide bonds. The van der Waals surface area contributed by atoms with Crippen LogP contribution in [0.4, 0.5) is 0 Å². The van der Waals surface area contributed by atoms with Gasteiger partial charge in [0, 0.05) is 11.1 Å². The Morgan fingerprint density at radius 1 is 0.491 bits per heavy atom. The Labute approximate surface area is 334 Å². The zero-order chi connectivity index (χ0) is 37.9. The van der Waals surface area contributed by atoms with Crippen LogP contribution in [0.25, 0.3) is 44.2 Å². The molecule has 2 atom stereocenters. The highest BCUT2D eigenvalue weighted by Gasteiger charge is 2.51. The normalized spacial score (nSPS) is 19.0. The molecule has 0 saturated carbocycles. The fraction of sp³-hybridized carbons (Fsp3) is 0.107. The molecule has 1 aliphatic heterocycles. The minimum atomic E-state index is -0.521. The van der Waals surface area contributed by atoms with Gasteiger partial charge in [0.05, 0.1) is 10.8 Å². The molecule has 1 heteroatoms. The number of hydrogen-bond donors (Lipinski definition) is 0. The van der Waals surface area contributed by atoms with Gasteiger partial charge in [-0.15, -0.1) is 0 Å². The molecule has 4 aliphatic rings. The molecule has 3 aliphatic carbocycles. The molecule has 0 fully saturated rings. The predicted molar refractivity (Wildman–Crippen MR) is 234 cm³/mol. The number of rotatable bonds is 3. The summed E-state index contributed by atoms with van der Waals surface area (Å²) in [6.07, 6.45) is 5.77. The Balaban J connectivity index is 1.13. The van der Waals surface area contributed by atoms with Crippen LogP contribution >= 0.6 is 0 Å². The smallest absolute Gasteiger partial charge is 0.135 e. The molecule has 8 aromatic rings. The molecule has 0 saturated heterocycles. The fourth-order valence-corrected chi connectivity index (χ4v) is 11.2. The first-order valence-electron chi connectivity index (χ1n) is 20.3. The van der Waals surface area contributed by atoms with Crippen molar-refractivity contribution in [1.29, 1.82) is 0 Å². The van der Waals surface area contributed by atoms with E-state index in [-0.39, 0.29) is 0 Å². The van der Waals surface area contributed by atoms with Crippen LogP contribution in [0.15, 0.2) is 199 Å². The highest BCUT2D eigenvalue weighted by Crippen LogP contribution is 2.63. The van der Waals surface area contributed by atoms with Crippen molar-refractivity contribution in [2.24, 2.45) is 5.92 Å². The lowest BCUT2D eigenvalue weighted by Crippen LogP contribution is -2.38. The van der Waals surface area contributed by atoms with E-state index >= 15 is 0 Å². The second-order valence-corrected chi connectivity index (χ2v) is 16.4. The van der Waals surface area contributed by atoms with E-state index in [2.05, 4.69) is 202 Å². The van der Waals surface area contributed by atoms with E-state index in [0.29, 0.717) is 5.92 Å². The standard InChI is InChI=1S/C56H40O/c1-35-27-31-48-52(33-35)57-54-36(2)41(30-32-50(54)55(48,39-17-5-3-6-18-39)40-19-7-4-8-20-40)38-28-29-44-42-21-9-11-24-46(42)56(51(44)34-38)47-25-12-10-22-43(47)45-23-13-15-37-16-14-26-49(56)53(37)45/h3-26,28-35H,27H2,1-2H3. The van der Waals surface area contributed by atoms with Crippen LogP contribution in [0.2, 0.25) is 0 Å². The Bertz CT molecular complexity index is 2990. The molecule has 57 heavy (non-hydrogen) atoms. The van der Waals surface area contributed by atoms with Gasteiger partial charge < -0.3 is 4.74 Å². The van der Waals surface area contributed by atoms with E-state index in [9.17, 15) is 0 Å². The third-order valence-corrected chi connectivity index (χ3v) is 13.5. The summed E-state index contributed by atoms with van der Waals surface area (Å²) in [5.74, 6) is 2.32. The minimum Gasteiger partial charge on any atom is -0.457 e. The van der Waals surface area contributed by atoms with Gasteiger partial charge in [0.2, 0.25) is 0 Å². The van der Waals surface area contributed by atoms with Gasteiger partial charge >= 0.3 is 0 Å². The van der Waals surface area contributed by atoms with Gasteiger partial charge in [0.1, 0.15) is 11.5 Å². The molecule has 0 bridgehead atoms. The fourth-order valence-electron chi connectivity index (χ4n) is 11.2. The van der Waals surface area contributed by atoms with E-state index in [1.54, 1.807) is 0 Å². The zero-order valence-electron chi connectivity index (χ0n) is 32.1. The van der Waals surface area contributed by atoms with Gasteiger partial charge in [0.15, 0.2) is 0 Å². The largest absolute Gasteiger partial charge is 0.457 e. The summed E-state index contributed by atoms with van der Waals surface area (Å²) in [5.41, 5.74) is 18.1. The number of benzene rings is 8. The summed E-state index contributed by atoms with van der Waals surface area (Å²) in [5, 5.41) is 2.63. The van der Waals surface area contributed by atoms with E-state index in [4.69, 9.17) is 4.74 Å². The third-order valence-electron chi connectivity index (χ3n) is 13.5. The molecule has 1 spiro atoms. The van der Waals surface area contributed by atoms with Crippen LogP contribution in [-0.4, -0.2) is 0 Å². The van der Waals surface area contributed by atoms with Crippen LogP contribution in [0, 0.1) is 12.8 Å². The zero-order valence-corrected chi connectivity index (χ0v) is 32.1. The predicted octanol–water partition coefficient (Wildman–Crippen LogP) is 13.7. The molecule has 2 unspecified atom stereocenters. The second kappa shape index (κ2) is 11.9. The van der Waals surface area contributed by atoms with Crippen molar-refractivity contribution in [3.63, 3.8) is 0 Å². The summed E-state index contributed by atoms with van der Waals surface area (Å²) < 4.78 is 7.17. The van der Waals surface area contributed by atoms with Crippen molar-refractivity contribution in [2.45, 2.75) is 31.1 Å². The van der Waals surface area contributed by atoms with Gasteiger partial charge in [0.25, 0.3) is 0 Å². The summed E-state index contributed by atoms with van der Waals surface area (Å²) in [6.45, 7) is 4.55. The second-order valence-electron chi connectivity index (χ2n) is 16.4. The van der Waals surface area contributed by atoms with Crippen molar-refractivity contribution in [2.75, 3.05) is 0 Å². The van der Waals surface area contributed by atoms with Crippen LogP contribution in [-0.2, 0) is 10.8 Å². The maximum atomic E-state index is 7.17. The molecule has 1 nitrogen and oxygen atoms in total. The number of ether oxygens (including phenoxy) is 1. The van der Waals surface area contributed by atoms with Crippen LogP contribution in [0.3, 0.4) is 0 Å². The van der Waals surface area contributed by atoms with Crippen molar-refractivity contribution in [1.82, 2.24) is 0 Å². The Morgan fingerprint density at radius 2 is 1.07 bits per heavy atom.